The molecule has 7 nitrogen and oxygen atoms in total. The summed E-state index contributed by atoms with van der Waals surface area (Å²) in [6.07, 6.45) is 0.652. The van der Waals surface area contributed by atoms with Gasteiger partial charge in [-0.15, -0.1) is 0 Å². The highest BCUT2D eigenvalue weighted by Gasteiger charge is 2.43. The maximum absolute atomic E-state index is 12.9. The van der Waals surface area contributed by atoms with Gasteiger partial charge in [-0.3, -0.25) is 0 Å². The van der Waals surface area contributed by atoms with E-state index in [1.54, 1.807) is 7.11 Å². The lowest BCUT2D eigenvalue weighted by atomic mass is 9.66. The van der Waals surface area contributed by atoms with Crippen molar-refractivity contribution in [2.45, 2.75) is 25.4 Å². The van der Waals surface area contributed by atoms with Crippen molar-refractivity contribution in [1.82, 2.24) is 9.97 Å². The standard InChI is InChI=1S/C15H22FN3O2.C2HF3O2/c1-20-10-12-11-21-7-4-15(12)2-5-19(6-3-15)14-17-8-13(16)9-18-14;3-2(4,5)1(6)7/h8-9,12H,2-7,10-11H2,1H3;(H,6,7). The number of aliphatic carboxylic acids is 1. The molecule has 2 aliphatic heterocycles. The van der Waals surface area contributed by atoms with Crippen LogP contribution in [0, 0.1) is 17.2 Å². The Kier molecular flexibility index (Phi) is 7.53. The van der Waals surface area contributed by atoms with E-state index in [2.05, 4.69) is 14.9 Å². The molecule has 1 atom stereocenters. The predicted molar refractivity (Wildman–Crippen MR) is 90.4 cm³/mol. The van der Waals surface area contributed by atoms with Gasteiger partial charge in [0.15, 0.2) is 5.82 Å². The maximum Gasteiger partial charge on any atom is 0.490 e. The Bertz CT molecular complexity index is 632. The Labute approximate surface area is 159 Å². The molecule has 0 bridgehead atoms. The topological polar surface area (TPSA) is 84.8 Å². The van der Waals surface area contributed by atoms with Crippen molar-refractivity contribution in [2.75, 3.05) is 44.9 Å². The van der Waals surface area contributed by atoms with Gasteiger partial charge >= 0.3 is 12.1 Å². The number of carboxylic acid groups (broad SMARTS) is 1. The van der Waals surface area contributed by atoms with Crippen molar-refractivity contribution in [3.05, 3.63) is 18.2 Å². The number of hydrogen-bond donors (Lipinski definition) is 1. The molecule has 2 saturated heterocycles. The number of carboxylic acids is 1. The number of carbonyl (C=O) groups is 1. The number of halogens is 4. The third-order valence-corrected chi connectivity index (χ3v) is 5.19. The summed E-state index contributed by atoms with van der Waals surface area (Å²) in [6.45, 7) is 4.21. The molecule has 3 rings (SSSR count). The van der Waals surface area contributed by atoms with Crippen LogP contribution in [0.15, 0.2) is 12.4 Å². The summed E-state index contributed by atoms with van der Waals surface area (Å²) in [5, 5.41) is 7.12. The monoisotopic (exact) mass is 409 g/mol. The predicted octanol–water partition coefficient (Wildman–Crippen LogP) is 2.52. The molecule has 0 radical (unpaired) electrons. The van der Waals surface area contributed by atoms with Crippen LogP contribution in [0.4, 0.5) is 23.5 Å². The van der Waals surface area contributed by atoms with Crippen LogP contribution in [0.3, 0.4) is 0 Å². The van der Waals surface area contributed by atoms with Crippen molar-refractivity contribution in [2.24, 2.45) is 11.3 Å². The van der Waals surface area contributed by atoms with Gasteiger partial charge in [0, 0.05) is 32.7 Å². The van der Waals surface area contributed by atoms with Crippen LogP contribution in [0.2, 0.25) is 0 Å². The second kappa shape index (κ2) is 9.46. The molecule has 2 aliphatic rings. The average Bonchev–Trinajstić information content (AvgIpc) is 2.65. The fourth-order valence-electron chi connectivity index (χ4n) is 3.59. The van der Waals surface area contributed by atoms with E-state index in [-0.39, 0.29) is 0 Å². The first-order valence-corrected chi connectivity index (χ1v) is 8.77. The molecule has 0 amide bonds. The van der Waals surface area contributed by atoms with Gasteiger partial charge in [-0.2, -0.15) is 13.2 Å². The van der Waals surface area contributed by atoms with Gasteiger partial charge < -0.3 is 19.5 Å². The van der Waals surface area contributed by atoms with Gasteiger partial charge in [0.25, 0.3) is 0 Å². The molecule has 2 fully saturated rings. The maximum atomic E-state index is 12.9. The van der Waals surface area contributed by atoms with Crippen LogP contribution in [0.5, 0.6) is 0 Å². The van der Waals surface area contributed by atoms with Crippen LogP contribution < -0.4 is 4.90 Å². The van der Waals surface area contributed by atoms with Crippen LogP contribution in [-0.4, -0.2) is 67.2 Å². The van der Waals surface area contributed by atoms with Crippen molar-refractivity contribution in [3.63, 3.8) is 0 Å². The molecule has 1 unspecified atom stereocenters. The van der Waals surface area contributed by atoms with Crippen LogP contribution in [-0.2, 0) is 14.3 Å². The first-order chi connectivity index (χ1) is 13.2. The number of anilines is 1. The van der Waals surface area contributed by atoms with E-state index in [0.717, 1.165) is 52.2 Å². The summed E-state index contributed by atoms with van der Waals surface area (Å²) in [7, 11) is 1.75. The SMILES string of the molecule is COCC1COCCC12CCN(c1ncc(F)cn1)CC2.O=C(O)C(F)(F)F. The highest BCUT2D eigenvalue weighted by molar-refractivity contribution is 5.73. The first kappa shape index (κ1) is 22.3. The number of alkyl halides is 3. The fourth-order valence-corrected chi connectivity index (χ4v) is 3.59. The van der Waals surface area contributed by atoms with E-state index in [9.17, 15) is 17.6 Å². The molecule has 1 spiro atoms. The molecule has 3 heterocycles. The lowest BCUT2D eigenvalue weighted by molar-refractivity contribution is -0.192. The summed E-state index contributed by atoms with van der Waals surface area (Å²) in [5.41, 5.74) is 0.310. The minimum atomic E-state index is -5.08. The molecule has 28 heavy (non-hydrogen) atoms. The molecule has 1 aromatic rings. The lowest BCUT2D eigenvalue weighted by Gasteiger charge is -2.48. The zero-order chi connectivity index (χ0) is 20.8. The van der Waals surface area contributed by atoms with Gasteiger partial charge in [0.2, 0.25) is 5.95 Å². The zero-order valence-corrected chi connectivity index (χ0v) is 15.4. The van der Waals surface area contributed by atoms with E-state index in [1.165, 1.54) is 12.4 Å². The molecular weight excluding hydrogens is 386 g/mol. The van der Waals surface area contributed by atoms with Gasteiger partial charge in [0.05, 0.1) is 25.6 Å². The molecule has 0 aromatic carbocycles. The molecule has 1 N–H and O–H groups in total. The van der Waals surface area contributed by atoms with Crippen molar-refractivity contribution in [1.29, 1.82) is 0 Å². The van der Waals surface area contributed by atoms with E-state index >= 15 is 0 Å². The Morgan fingerprint density at radius 1 is 1.32 bits per heavy atom. The third kappa shape index (κ3) is 5.74. The minimum absolute atomic E-state index is 0.310. The average molecular weight is 409 g/mol. The van der Waals surface area contributed by atoms with Gasteiger partial charge in [-0.25, -0.2) is 19.2 Å². The Morgan fingerprint density at radius 3 is 2.39 bits per heavy atom. The number of ether oxygens (including phenoxy) is 2. The summed E-state index contributed by atoms with van der Waals surface area (Å²) in [4.78, 5) is 19.2. The number of aromatic nitrogens is 2. The lowest BCUT2D eigenvalue weighted by Crippen LogP contribution is -2.49. The number of rotatable bonds is 3. The summed E-state index contributed by atoms with van der Waals surface area (Å²) in [5.74, 6) is -2.06. The second-order valence-corrected chi connectivity index (χ2v) is 6.83. The quantitative estimate of drug-likeness (QED) is 0.768. The Morgan fingerprint density at radius 2 is 1.89 bits per heavy atom. The molecule has 11 heteroatoms. The highest BCUT2D eigenvalue weighted by Crippen LogP contribution is 2.45. The summed E-state index contributed by atoms with van der Waals surface area (Å²) >= 11 is 0. The van der Waals surface area contributed by atoms with E-state index in [4.69, 9.17) is 19.4 Å². The number of hydrogen-bond acceptors (Lipinski definition) is 6. The smallest absolute Gasteiger partial charge is 0.475 e. The van der Waals surface area contributed by atoms with Crippen LogP contribution in [0.1, 0.15) is 19.3 Å². The molecular formula is C17H23F4N3O4. The number of piperidine rings is 1. The first-order valence-electron chi connectivity index (χ1n) is 8.77. The Hall–Kier alpha value is -2.01. The summed E-state index contributed by atoms with van der Waals surface area (Å²) < 4.78 is 55.6. The minimum Gasteiger partial charge on any atom is -0.475 e. The van der Waals surface area contributed by atoms with Crippen LogP contribution in [0.25, 0.3) is 0 Å². The molecule has 158 valence electrons. The Balaban J connectivity index is 0.000000345. The van der Waals surface area contributed by atoms with Crippen molar-refractivity contribution < 1.29 is 36.9 Å². The second-order valence-electron chi connectivity index (χ2n) is 6.83. The highest BCUT2D eigenvalue weighted by atomic mass is 19.4. The normalized spacial score (nSPS) is 21.8. The van der Waals surface area contributed by atoms with Crippen molar-refractivity contribution >= 4 is 11.9 Å². The number of methoxy groups -OCH3 is 1. The molecule has 1 aromatic heterocycles. The largest absolute Gasteiger partial charge is 0.490 e. The van der Waals surface area contributed by atoms with Crippen molar-refractivity contribution in [3.8, 4) is 0 Å². The molecule has 0 saturated carbocycles. The van der Waals surface area contributed by atoms with E-state index in [0.29, 0.717) is 17.3 Å². The van der Waals surface area contributed by atoms with Gasteiger partial charge in [-0.1, -0.05) is 0 Å². The molecule has 0 aliphatic carbocycles. The zero-order valence-electron chi connectivity index (χ0n) is 15.4. The fraction of sp³-hybridized carbons (Fsp3) is 0.706. The van der Waals surface area contributed by atoms with Gasteiger partial charge in [-0.05, 0) is 24.7 Å². The summed E-state index contributed by atoms with van der Waals surface area (Å²) in [6, 6.07) is 0. The third-order valence-electron chi connectivity index (χ3n) is 5.19. The van der Waals surface area contributed by atoms with Crippen LogP contribution >= 0.6 is 0 Å². The van der Waals surface area contributed by atoms with Gasteiger partial charge in [0.1, 0.15) is 0 Å². The van der Waals surface area contributed by atoms with E-state index < -0.39 is 18.0 Å². The van der Waals surface area contributed by atoms with E-state index in [1.807, 2.05) is 0 Å². The number of nitrogens with zero attached hydrogens (tertiary/aromatic N) is 3.